The Morgan fingerprint density at radius 2 is 2.33 bits per heavy atom. The summed E-state index contributed by atoms with van der Waals surface area (Å²) in [6, 6.07) is 3.45. The van der Waals surface area contributed by atoms with Crippen LogP contribution in [0.3, 0.4) is 0 Å². The Hall–Kier alpha value is -1.77. The average Bonchev–Trinajstić information content (AvgIpc) is 2.21. The van der Waals surface area contributed by atoms with Crippen LogP contribution in [0.4, 0.5) is 5.69 Å². The highest BCUT2D eigenvalue weighted by Crippen LogP contribution is 2.13. The molecule has 1 heterocycles. The molecule has 15 heavy (non-hydrogen) atoms. The van der Waals surface area contributed by atoms with Crippen LogP contribution >= 0.6 is 0 Å². The molecule has 1 N–H and O–H groups in total. The molecule has 80 valence electrons. The summed E-state index contributed by atoms with van der Waals surface area (Å²) in [4.78, 5) is 11.4. The number of allylic oxidation sites excluding steroid dienone is 3. The van der Waals surface area contributed by atoms with Gasteiger partial charge in [-0.3, -0.25) is 0 Å². The first-order valence-corrected chi connectivity index (χ1v) is 4.89. The first kappa shape index (κ1) is 11.3. The van der Waals surface area contributed by atoms with Crippen molar-refractivity contribution < 1.29 is 4.42 Å². The van der Waals surface area contributed by atoms with Crippen molar-refractivity contribution in [3.05, 3.63) is 47.0 Å². The summed E-state index contributed by atoms with van der Waals surface area (Å²) in [7, 11) is 0. The number of hydrogen-bond acceptors (Lipinski definition) is 3. The van der Waals surface area contributed by atoms with Gasteiger partial charge in [0.25, 0.3) is 0 Å². The molecule has 0 aliphatic carbocycles. The second-order valence-corrected chi connectivity index (χ2v) is 3.06. The van der Waals surface area contributed by atoms with Gasteiger partial charge in [0.05, 0.1) is 0 Å². The van der Waals surface area contributed by atoms with E-state index in [2.05, 4.69) is 11.9 Å². The molecule has 0 fully saturated rings. The van der Waals surface area contributed by atoms with Crippen LogP contribution in [0.15, 0.2) is 40.1 Å². The maximum Gasteiger partial charge on any atom is 0.359 e. The van der Waals surface area contributed by atoms with E-state index in [9.17, 15) is 4.79 Å². The molecule has 0 bridgehead atoms. The molecule has 0 aliphatic heterocycles. The van der Waals surface area contributed by atoms with Gasteiger partial charge in [-0.1, -0.05) is 18.7 Å². The molecule has 0 aliphatic rings. The predicted molar refractivity (Wildman–Crippen MR) is 63.0 cm³/mol. The Morgan fingerprint density at radius 3 is 2.87 bits per heavy atom. The Bertz CT molecular complexity index is 429. The molecule has 1 aromatic heterocycles. The third-order valence-electron chi connectivity index (χ3n) is 1.88. The van der Waals surface area contributed by atoms with Gasteiger partial charge < -0.3 is 9.73 Å². The van der Waals surface area contributed by atoms with E-state index in [-0.39, 0.29) is 5.63 Å². The Kier molecular flexibility index (Phi) is 3.92. The van der Waals surface area contributed by atoms with E-state index in [0.29, 0.717) is 23.6 Å². The summed E-state index contributed by atoms with van der Waals surface area (Å²) < 4.78 is 5.11. The molecule has 0 aromatic carbocycles. The zero-order valence-corrected chi connectivity index (χ0v) is 9.04. The minimum absolute atomic E-state index is 0.361. The summed E-state index contributed by atoms with van der Waals surface area (Å²) >= 11 is 0. The molecule has 0 saturated heterocycles. The summed E-state index contributed by atoms with van der Waals surface area (Å²) in [5.41, 5.74) is 0.812. The fourth-order valence-corrected chi connectivity index (χ4v) is 1.19. The lowest BCUT2D eigenvalue weighted by Gasteiger charge is -2.02. The van der Waals surface area contributed by atoms with E-state index < -0.39 is 0 Å². The van der Waals surface area contributed by atoms with Crippen molar-refractivity contribution in [2.45, 2.75) is 13.8 Å². The smallest absolute Gasteiger partial charge is 0.359 e. The molecule has 1 aromatic rings. The van der Waals surface area contributed by atoms with E-state index in [4.69, 9.17) is 4.42 Å². The van der Waals surface area contributed by atoms with E-state index in [1.165, 1.54) is 0 Å². The van der Waals surface area contributed by atoms with Crippen LogP contribution in [0, 0.1) is 0 Å². The number of anilines is 1. The average molecular weight is 205 g/mol. The van der Waals surface area contributed by atoms with E-state index in [0.717, 1.165) is 0 Å². The van der Waals surface area contributed by atoms with Crippen molar-refractivity contribution in [2.75, 3.05) is 11.9 Å². The molecular weight excluding hydrogens is 190 g/mol. The first-order chi connectivity index (χ1) is 7.19. The lowest BCUT2D eigenvalue weighted by Crippen LogP contribution is -2.10. The fraction of sp³-hybridized carbons (Fsp3) is 0.250. The van der Waals surface area contributed by atoms with E-state index >= 15 is 0 Å². The summed E-state index contributed by atoms with van der Waals surface area (Å²) in [5, 5.41) is 2.92. The van der Waals surface area contributed by atoms with Crippen molar-refractivity contribution in [1.82, 2.24) is 0 Å². The molecule has 0 atom stereocenters. The van der Waals surface area contributed by atoms with Gasteiger partial charge in [-0.05, 0) is 26.0 Å². The highest BCUT2D eigenvalue weighted by atomic mass is 16.4. The van der Waals surface area contributed by atoms with Crippen molar-refractivity contribution in [3.8, 4) is 0 Å². The van der Waals surface area contributed by atoms with Crippen LogP contribution in [0.2, 0.25) is 0 Å². The van der Waals surface area contributed by atoms with Crippen LogP contribution in [0.25, 0.3) is 5.57 Å². The third-order valence-corrected chi connectivity index (χ3v) is 1.88. The zero-order valence-electron chi connectivity index (χ0n) is 9.04. The molecule has 0 amide bonds. The van der Waals surface area contributed by atoms with Gasteiger partial charge in [0.1, 0.15) is 11.4 Å². The van der Waals surface area contributed by atoms with Gasteiger partial charge in [-0.2, -0.15) is 0 Å². The van der Waals surface area contributed by atoms with Crippen LogP contribution in [0.5, 0.6) is 0 Å². The Balaban J connectivity index is 3.01. The first-order valence-electron chi connectivity index (χ1n) is 4.89. The topological polar surface area (TPSA) is 42.2 Å². The maximum absolute atomic E-state index is 11.4. The number of hydrogen-bond donors (Lipinski definition) is 1. The molecule has 0 unspecified atom stereocenters. The highest BCUT2D eigenvalue weighted by Gasteiger charge is 2.03. The molecule has 0 spiro atoms. The lowest BCUT2D eigenvalue weighted by atomic mass is 10.2. The monoisotopic (exact) mass is 205 g/mol. The standard InChI is InChI=1S/C12H15NO2/c1-4-6-9(3)11-8-7-10(13-5-2)12(14)15-11/h4,6-8,13H,3,5H2,1-2H3. The summed E-state index contributed by atoms with van der Waals surface area (Å²) in [5.74, 6) is 0.500. The lowest BCUT2D eigenvalue weighted by molar-refractivity contribution is 0.501. The van der Waals surface area contributed by atoms with Gasteiger partial charge in [0, 0.05) is 12.1 Å². The minimum Gasteiger partial charge on any atom is -0.421 e. The van der Waals surface area contributed by atoms with Crippen molar-refractivity contribution in [1.29, 1.82) is 0 Å². The Labute approximate surface area is 89.1 Å². The predicted octanol–water partition coefficient (Wildman–Crippen LogP) is 2.66. The summed E-state index contributed by atoms with van der Waals surface area (Å²) in [6.07, 6.45) is 3.64. The van der Waals surface area contributed by atoms with Gasteiger partial charge in [-0.25, -0.2) is 4.79 Å². The second-order valence-electron chi connectivity index (χ2n) is 3.06. The van der Waals surface area contributed by atoms with Gasteiger partial charge in [0.2, 0.25) is 0 Å². The third kappa shape index (κ3) is 2.84. The van der Waals surface area contributed by atoms with Gasteiger partial charge >= 0.3 is 5.63 Å². The Morgan fingerprint density at radius 1 is 1.60 bits per heavy atom. The van der Waals surface area contributed by atoms with E-state index in [1.807, 2.05) is 19.9 Å². The van der Waals surface area contributed by atoms with Crippen LogP contribution < -0.4 is 10.9 Å². The second kappa shape index (κ2) is 5.20. The molecule has 0 saturated carbocycles. The van der Waals surface area contributed by atoms with Crippen molar-refractivity contribution >= 4 is 11.3 Å². The van der Waals surface area contributed by atoms with Crippen LogP contribution in [-0.2, 0) is 0 Å². The normalized spacial score (nSPS) is 10.5. The summed E-state index contributed by atoms with van der Waals surface area (Å²) in [6.45, 7) is 8.29. The highest BCUT2D eigenvalue weighted by molar-refractivity contribution is 5.68. The minimum atomic E-state index is -0.361. The van der Waals surface area contributed by atoms with Crippen LogP contribution in [0.1, 0.15) is 19.6 Å². The molecule has 3 nitrogen and oxygen atoms in total. The van der Waals surface area contributed by atoms with Crippen molar-refractivity contribution in [3.63, 3.8) is 0 Å². The number of rotatable bonds is 4. The zero-order chi connectivity index (χ0) is 11.3. The largest absolute Gasteiger partial charge is 0.421 e. The maximum atomic E-state index is 11.4. The number of nitrogens with one attached hydrogen (secondary N) is 1. The SMILES string of the molecule is C=C(C=CC)c1ccc(NCC)c(=O)o1. The fourth-order valence-electron chi connectivity index (χ4n) is 1.19. The van der Waals surface area contributed by atoms with Crippen molar-refractivity contribution in [2.24, 2.45) is 0 Å². The molecule has 0 radical (unpaired) electrons. The van der Waals surface area contributed by atoms with Gasteiger partial charge in [0.15, 0.2) is 0 Å². The van der Waals surface area contributed by atoms with E-state index in [1.54, 1.807) is 18.2 Å². The molecular formula is C12H15NO2. The molecule has 3 heteroatoms. The quantitative estimate of drug-likeness (QED) is 0.768. The van der Waals surface area contributed by atoms with Gasteiger partial charge in [-0.15, -0.1) is 0 Å². The molecule has 1 rings (SSSR count). The van der Waals surface area contributed by atoms with Crippen LogP contribution in [-0.4, -0.2) is 6.54 Å².